The number of rotatable bonds is 18. The van der Waals surface area contributed by atoms with E-state index in [4.69, 9.17) is 0 Å². The minimum atomic E-state index is -4.53. The molecule has 0 heterocycles. The molecule has 0 aliphatic carbocycles. The lowest BCUT2D eigenvalue weighted by Gasteiger charge is -2.18. The van der Waals surface area contributed by atoms with Gasteiger partial charge in [0.1, 0.15) is 0 Å². The number of carboxylic acid groups (broad SMARTS) is 1. The second-order valence-corrected chi connectivity index (χ2v) is 10.8. The topological polar surface area (TPSA) is 91.7 Å². The van der Waals surface area contributed by atoms with E-state index >= 15 is 0 Å². The fourth-order valence-electron chi connectivity index (χ4n) is 4.79. The molecule has 0 saturated heterocycles. The van der Waals surface area contributed by atoms with Gasteiger partial charge in [-0.1, -0.05) is 127 Å². The summed E-state index contributed by atoms with van der Waals surface area (Å²) in [6.45, 7) is 2.25. The van der Waals surface area contributed by atoms with Crippen LogP contribution in [0, 0.1) is 0 Å². The zero-order chi connectivity index (χ0) is 24.8. The summed E-state index contributed by atoms with van der Waals surface area (Å²) < 4.78 is 33.7. The maximum absolute atomic E-state index is 12.1. The molecule has 1 atom stereocenters. The summed E-state index contributed by atoms with van der Waals surface area (Å²) in [5.41, 5.74) is 0.197. The van der Waals surface area contributed by atoms with Gasteiger partial charge in [0.2, 0.25) is 0 Å². The van der Waals surface area contributed by atoms with E-state index in [2.05, 4.69) is 6.92 Å². The van der Waals surface area contributed by atoms with Crippen molar-refractivity contribution in [1.82, 2.24) is 0 Å². The van der Waals surface area contributed by atoms with E-state index in [-0.39, 0.29) is 10.5 Å². The highest BCUT2D eigenvalue weighted by Crippen LogP contribution is 2.35. The molecule has 2 rings (SSSR count). The monoisotopic (exact) mass is 490 g/mol. The van der Waals surface area contributed by atoms with Gasteiger partial charge >= 0.3 is 5.97 Å². The van der Waals surface area contributed by atoms with Crippen LogP contribution in [0.5, 0.6) is 0 Å². The molecule has 2 N–H and O–H groups in total. The van der Waals surface area contributed by atoms with E-state index in [0.717, 1.165) is 24.6 Å². The van der Waals surface area contributed by atoms with Crippen molar-refractivity contribution in [3.05, 3.63) is 42.0 Å². The van der Waals surface area contributed by atoms with Crippen LogP contribution in [-0.4, -0.2) is 24.0 Å². The number of carboxylic acids is 1. The van der Waals surface area contributed by atoms with Gasteiger partial charge in [-0.2, -0.15) is 8.42 Å². The molecule has 0 radical (unpaired) electrons. The first-order valence-electron chi connectivity index (χ1n) is 13.1. The Morgan fingerprint density at radius 2 is 1.26 bits per heavy atom. The summed E-state index contributed by atoms with van der Waals surface area (Å²) in [5.74, 6) is -2.03. The summed E-state index contributed by atoms with van der Waals surface area (Å²) in [5, 5.41) is 11.2. The van der Waals surface area contributed by atoms with Crippen LogP contribution in [0.3, 0.4) is 0 Å². The Labute approximate surface area is 205 Å². The smallest absolute Gasteiger partial charge is 0.311 e. The maximum Gasteiger partial charge on any atom is 0.311 e. The third-order valence-electron chi connectivity index (χ3n) is 6.70. The zero-order valence-electron chi connectivity index (χ0n) is 20.7. The Kier molecular flexibility index (Phi) is 12.6. The Morgan fingerprint density at radius 1 is 0.765 bits per heavy atom. The quantitative estimate of drug-likeness (QED) is 0.163. The fourth-order valence-corrected chi connectivity index (χ4v) is 5.56. The number of aliphatic carboxylic acids is 1. The van der Waals surface area contributed by atoms with Gasteiger partial charge in [-0.05, 0) is 28.8 Å². The molecule has 2 aromatic carbocycles. The summed E-state index contributed by atoms with van der Waals surface area (Å²) in [4.78, 5) is 11.8. The lowest BCUT2D eigenvalue weighted by atomic mass is 9.89. The minimum Gasteiger partial charge on any atom is -0.481 e. The van der Waals surface area contributed by atoms with Gasteiger partial charge in [0.15, 0.2) is 0 Å². The predicted molar refractivity (Wildman–Crippen MR) is 139 cm³/mol. The van der Waals surface area contributed by atoms with Gasteiger partial charge in [-0.25, -0.2) is 0 Å². The van der Waals surface area contributed by atoms with Crippen LogP contribution >= 0.6 is 0 Å². The van der Waals surface area contributed by atoms with Crippen molar-refractivity contribution in [2.24, 2.45) is 0 Å². The van der Waals surface area contributed by atoms with Crippen molar-refractivity contribution in [3.8, 4) is 0 Å². The number of hydrogen-bond acceptors (Lipinski definition) is 3. The van der Waals surface area contributed by atoms with Gasteiger partial charge in [-0.15, -0.1) is 0 Å². The van der Waals surface area contributed by atoms with Gasteiger partial charge in [-0.3, -0.25) is 9.35 Å². The summed E-state index contributed by atoms with van der Waals surface area (Å²) in [6, 6.07) is 10.0. The summed E-state index contributed by atoms with van der Waals surface area (Å²) in [7, 11) is -4.53. The SMILES string of the molecule is CCCCCCCCCCCCCCCCC(C(=O)O)c1c(S(=O)(=O)O)ccc2ccccc12. The molecule has 190 valence electrons. The van der Waals surface area contributed by atoms with Crippen LogP contribution in [0.2, 0.25) is 0 Å². The largest absolute Gasteiger partial charge is 0.481 e. The van der Waals surface area contributed by atoms with Crippen molar-refractivity contribution in [2.45, 2.75) is 114 Å². The number of fused-ring (bicyclic) bond motifs is 1. The van der Waals surface area contributed by atoms with E-state index in [1.54, 1.807) is 18.2 Å². The van der Waals surface area contributed by atoms with E-state index < -0.39 is 22.0 Å². The van der Waals surface area contributed by atoms with E-state index in [1.807, 2.05) is 12.1 Å². The molecule has 6 heteroatoms. The lowest BCUT2D eigenvalue weighted by molar-refractivity contribution is -0.139. The predicted octanol–water partition coefficient (Wildman–Crippen LogP) is 8.13. The number of carbonyl (C=O) groups is 1. The molecule has 1 unspecified atom stereocenters. The first-order valence-corrected chi connectivity index (χ1v) is 14.5. The standard InChI is InChI=1S/C28H42O5S/c1-2-3-4-5-6-7-8-9-10-11-12-13-14-15-20-25(28(29)30)27-24-19-17-16-18-23(24)21-22-26(27)34(31,32)33/h16-19,21-22,25H,2-15,20H2,1H3,(H,29,30)(H,31,32,33). The van der Waals surface area contributed by atoms with Crippen molar-refractivity contribution in [3.63, 3.8) is 0 Å². The molecular weight excluding hydrogens is 448 g/mol. The van der Waals surface area contributed by atoms with Crippen LogP contribution in [0.1, 0.15) is 115 Å². The second-order valence-electron chi connectivity index (χ2n) is 9.45. The molecule has 0 aliphatic heterocycles. The lowest BCUT2D eigenvalue weighted by Crippen LogP contribution is -2.16. The third kappa shape index (κ3) is 9.38. The fraction of sp³-hybridized carbons (Fsp3) is 0.607. The van der Waals surface area contributed by atoms with Crippen LogP contribution in [-0.2, 0) is 14.9 Å². The highest BCUT2D eigenvalue weighted by atomic mass is 32.2. The van der Waals surface area contributed by atoms with Crippen LogP contribution in [0.4, 0.5) is 0 Å². The highest BCUT2D eigenvalue weighted by molar-refractivity contribution is 7.85. The van der Waals surface area contributed by atoms with Crippen molar-refractivity contribution in [1.29, 1.82) is 0 Å². The number of benzene rings is 2. The Bertz CT molecular complexity index is 983. The molecule has 0 saturated carbocycles. The first kappa shape index (κ1) is 28.3. The van der Waals surface area contributed by atoms with Crippen molar-refractivity contribution in [2.75, 3.05) is 0 Å². The Balaban J connectivity index is 1.79. The molecule has 0 aromatic heterocycles. The first-order chi connectivity index (χ1) is 16.4. The van der Waals surface area contributed by atoms with Crippen LogP contribution in [0.25, 0.3) is 10.8 Å². The molecule has 0 aliphatic rings. The summed E-state index contributed by atoms with van der Waals surface area (Å²) in [6.07, 6.45) is 17.4. The van der Waals surface area contributed by atoms with E-state index in [1.165, 1.54) is 70.3 Å². The average molecular weight is 491 g/mol. The molecule has 0 fully saturated rings. The van der Waals surface area contributed by atoms with Gasteiger partial charge in [0.25, 0.3) is 10.1 Å². The van der Waals surface area contributed by atoms with Crippen LogP contribution < -0.4 is 0 Å². The molecule has 34 heavy (non-hydrogen) atoms. The molecule has 0 bridgehead atoms. The number of unbranched alkanes of at least 4 members (excludes halogenated alkanes) is 13. The molecule has 0 amide bonds. The van der Waals surface area contributed by atoms with Gasteiger partial charge < -0.3 is 5.11 Å². The third-order valence-corrected chi connectivity index (χ3v) is 7.61. The molecule has 0 spiro atoms. The van der Waals surface area contributed by atoms with Crippen molar-refractivity contribution < 1.29 is 22.9 Å². The highest BCUT2D eigenvalue weighted by Gasteiger charge is 2.28. The van der Waals surface area contributed by atoms with Crippen LogP contribution in [0.15, 0.2) is 41.3 Å². The molecule has 5 nitrogen and oxygen atoms in total. The number of hydrogen-bond donors (Lipinski definition) is 2. The van der Waals surface area contributed by atoms with Gasteiger partial charge in [0.05, 0.1) is 10.8 Å². The molecule has 2 aromatic rings. The average Bonchev–Trinajstić information content (AvgIpc) is 2.80. The summed E-state index contributed by atoms with van der Waals surface area (Å²) >= 11 is 0. The normalized spacial score (nSPS) is 12.8. The zero-order valence-corrected chi connectivity index (χ0v) is 21.5. The maximum atomic E-state index is 12.1. The molecular formula is C28H42O5S. The van der Waals surface area contributed by atoms with Gasteiger partial charge in [0, 0.05) is 0 Å². The van der Waals surface area contributed by atoms with E-state index in [0.29, 0.717) is 18.2 Å². The Morgan fingerprint density at radius 3 is 1.76 bits per heavy atom. The Hall–Kier alpha value is -1.92. The minimum absolute atomic E-state index is 0.197. The second kappa shape index (κ2) is 15.2. The van der Waals surface area contributed by atoms with E-state index in [9.17, 15) is 22.9 Å². The van der Waals surface area contributed by atoms with Crippen molar-refractivity contribution >= 4 is 26.9 Å².